The molecule has 0 saturated carbocycles. The molecule has 0 bridgehead atoms. The topological polar surface area (TPSA) is 74.0 Å². The third-order valence-electron chi connectivity index (χ3n) is 3.38. The maximum atomic E-state index is 12.4. The predicted octanol–water partition coefficient (Wildman–Crippen LogP) is 1.84. The first-order valence-electron chi connectivity index (χ1n) is 7.88. The van der Waals surface area contributed by atoms with Gasteiger partial charge in [0.2, 0.25) is 0 Å². The molecule has 0 aromatic heterocycles. The number of nitrogens with two attached hydrogens (primary N) is 1. The van der Waals surface area contributed by atoms with E-state index in [9.17, 15) is 4.79 Å². The van der Waals surface area contributed by atoms with E-state index < -0.39 is 0 Å². The molecule has 0 saturated heterocycles. The van der Waals surface area contributed by atoms with Gasteiger partial charge in [-0.25, -0.2) is 0 Å². The first-order chi connectivity index (χ1) is 11.1. The van der Waals surface area contributed by atoms with Crippen LogP contribution in [-0.2, 0) is 9.47 Å². The number of carbonyl (C=O) groups excluding carboxylic acids is 1. The summed E-state index contributed by atoms with van der Waals surface area (Å²) in [6.45, 7) is 5.45. The van der Waals surface area contributed by atoms with Crippen LogP contribution in [0.1, 0.15) is 23.7 Å². The van der Waals surface area contributed by atoms with Crippen LogP contribution in [0, 0.1) is 0 Å². The molecule has 0 spiro atoms. The van der Waals surface area contributed by atoms with E-state index in [1.54, 1.807) is 32.4 Å². The Balaban J connectivity index is 2.68. The second kappa shape index (κ2) is 11.0. The van der Waals surface area contributed by atoms with Crippen LogP contribution in [-0.4, -0.2) is 64.4 Å². The van der Waals surface area contributed by atoms with Gasteiger partial charge in [-0.15, -0.1) is 0 Å². The van der Waals surface area contributed by atoms with Gasteiger partial charge in [-0.1, -0.05) is 6.92 Å². The number of hydrogen-bond acceptors (Lipinski definition) is 6. The number of nitrogen functional groups attached to an aromatic ring is 1. The Kier molecular flexibility index (Phi) is 9.28. The van der Waals surface area contributed by atoms with E-state index in [1.165, 1.54) is 0 Å². The lowest BCUT2D eigenvalue weighted by Gasteiger charge is -2.21. The van der Waals surface area contributed by atoms with Crippen LogP contribution in [0.3, 0.4) is 0 Å². The number of anilines is 1. The van der Waals surface area contributed by atoms with E-state index in [-0.39, 0.29) is 5.78 Å². The lowest BCUT2D eigenvalue weighted by molar-refractivity contribution is 0.0837. The first-order valence-corrected chi connectivity index (χ1v) is 7.88. The fourth-order valence-electron chi connectivity index (χ4n) is 2.07. The van der Waals surface area contributed by atoms with Gasteiger partial charge in [0.1, 0.15) is 5.75 Å². The smallest absolute Gasteiger partial charge is 0.176 e. The second-order valence-corrected chi connectivity index (χ2v) is 5.29. The van der Waals surface area contributed by atoms with Crippen molar-refractivity contribution in [1.82, 2.24) is 4.90 Å². The molecule has 23 heavy (non-hydrogen) atoms. The van der Waals surface area contributed by atoms with Crippen LogP contribution in [0.5, 0.6) is 5.75 Å². The van der Waals surface area contributed by atoms with Crippen molar-refractivity contribution in [3.63, 3.8) is 0 Å². The zero-order valence-electron chi connectivity index (χ0n) is 14.3. The monoisotopic (exact) mass is 324 g/mol. The lowest BCUT2D eigenvalue weighted by atomic mass is 10.1. The van der Waals surface area contributed by atoms with Crippen LogP contribution in [0.4, 0.5) is 5.69 Å². The molecule has 1 aromatic carbocycles. The van der Waals surface area contributed by atoms with Crippen molar-refractivity contribution in [2.45, 2.75) is 13.3 Å². The molecule has 0 aliphatic heterocycles. The van der Waals surface area contributed by atoms with Gasteiger partial charge in [0.25, 0.3) is 0 Å². The Morgan fingerprint density at radius 3 is 2.30 bits per heavy atom. The molecule has 0 radical (unpaired) electrons. The standard InChI is InChI=1S/C17H28N2O4/c1-4-9-23-17-6-5-14(12-15(17)18)16(20)13-19(7-10-21-2)8-11-22-3/h5-6,12H,4,7-11,13,18H2,1-3H3. The van der Waals surface area contributed by atoms with Crippen molar-refractivity contribution in [3.8, 4) is 5.75 Å². The summed E-state index contributed by atoms with van der Waals surface area (Å²) in [6, 6.07) is 5.19. The molecule has 6 nitrogen and oxygen atoms in total. The second-order valence-electron chi connectivity index (χ2n) is 5.29. The molecular formula is C17H28N2O4. The van der Waals surface area contributed by atoms with Gasteiger partial charge in [0.15, 0.2) is 5.78 Å². The molecular weight excluding hydrogens is 296 g/mol. The van der Waals surface area contributed by atoms with Crippen LogP contribution in [0.15, 0.2) is 18.2 Å². The average Bonchev–Trinajstić information content (AvgIpc) is 2.55. The van der Waals surface area contributed by atoms with Gasteiger partial charge >= 0.3 is 0 Å². The summed E-state index contributed by atoms with van der Waals surface area (Å²) in [5.74, 6) is 0.643. The molecule has 1 rings (SSSR count). The number of ether oxygens (including phenoxy) is 3. The summed E-state index contributed by atoms with van der Waals surface area (Å²) in [6.07, 6.45) is 0.911. The third-order valence-corrected chi connectivity index (χ3v) is 3.38. The maximum absolute atomic E-state index is 12.4. The summed E-state index contributed by atoms with van der Waals surface area (Å²) in [5, 5.41) is 0. The molecule has 2 N–H and O–H groups in total. The van der Waals surface area contributed by atoms with Crippen molar-refractivity contribution < 1.29 is 19.0 Å². The summed E-state index contributed by atoms with van der Waals surface area (Å²) >= 11 is 0. The zero-order valence-corrected chi connectivity index (χ0v) is 14.3. The van der Waals surface area contributed by atoms with Gasteiger partial charge in [-0.3, -0.25) is 9.69 Å². The zero-order chi connectivity index (χ0) is 17.1. The van der Waals surface area contributed by atoms with Crippen molar-refractivity contribution >= 4 is 11.5 Å². The van der Waals surface area contributed by atoms with E-state index >= 15 is 0 Å². The van der Waals surface area contributed by atoms with E-state index in [4.69, 9.17) is 19.9 Å². The molecule has 1 aromatic rings. The number of methoxy groups -OCH3 is 2. The van der Waals surface area contributed by atoms with Crippen LogP contribution >= 0.6 is 0 Å². The highest BCUT2D eigenvalue weighted by atomic mass is 16.5. The van der Waals surface area contributed by atoms with Gasteiger partial charge in [0.05, 0.1) is 32.1 Å². The molecule has 130 valence electrons. The third kappa shape index (κ3) is 6.99. The normalized spacial score (nSPS) is 11.0. The number of hydrogen-bond donors (Lipinski definition) is 1. The van der Waals surface area contributed by atoms with Crippen LogP contribution < -0.4 is 10.5 Å². The first kappa shape index (κ1) is 19.4. The van der Waals surface area contributed by atoms with Crippen LogP contribution in [0.25, 0.3) is 0 Å². The fraction of sp³-hybridized carbons (Fsp3) is 0.588. The highest BCUT2D eigenvalue weighted by molar-refractivity contribution is 5.98. The van der Waals surface area contributed by atoms with Crippen molar-refractivity contribution in [1.29, 1.82) is 0 Å². The van der Waals surface area contributed by atoms with Gasteiger partial charge < -0.3 is 19.9 Å². The molecule has 0 heterocycles. The summed E-state index contributed by atoms with van der Waals surface area (Å²) in [4.78, 5) is 14.4. The van der Waals surface area contributed by atoms with Gasteiger partial charge in [-0.2, -0.15) is 0 Å². The number of rotatable bonds is 12. The molecule has 0 atom stereocenters. The van der Waals surface area contributed by atoms with E-state index in [0.717, 1.165) is 6.42 Å². The summed E-state index contributed by atoms with van der Waals surface area (Å²) in [5.41, 5.74) is 7.04. The van der Waals surface area contributed by atoms with Crippen molar-refractivity contribution in [2.24, 2.45) is 0 Å². The SMILES string of the molecule is CCCOc1ccc(C(=O)CN(CCOC)CCOC)cc1N. The lowest BCUT2D eigenvalue weighted by Crippen LogP contribution is -2.35. The quantitative estimate of drug-likeness (QED) is 0.467. The van der Waals surface area contributed by atoms with Crippen LogP contribution in [0.2, 0.25) is 0 Å². The Labute approximate surface area is 138 Å². The number of ketones is 1. The molecule has 0 aliphatic rings. The van der Waals surface area contributed by atoms with E-state index in [2.05, 4.69) is 0 Å². The maximum Gasteiger partial charge on any atom is 0.176 e. The fourth-order valence-corrected chi connectivity index (χ4v) is 2.07. The minimum Gasteiger partial charge on any atom is -0.491 e. The van der Waals surface area contributed by atoms with E-state index in [0.29, 0.717) is 56.5 Å². The summed E-state index contributed by atoms with van der Waals surface area (Å²) in [7, 11) is 3.29. The predicted molar refractivity (Wildman–Crippen MR) is 91.2 cm³/mol. The Morgan fingerprint density at radius 2 is 1.78 bits per heavy atom. The molecule has 0 fully saturated rings. The van der Waals surface area contributed by atoms with Gasteiger partial charge in [0, 0.05) is 32.9 Å². The largest absolute Gasteiger partial charge is 0.491 e. The Hall–Kier alpha value is -1.63. The highest BCUT2D eigenvalue weighted by Gasteiger charge is 2.14. The number of benzene rings is 1. The molecule has 6 heteroatoms. The average molecular weight is 324 g/mol. The van der Waals surface area contributed by atoms with E-state index in [1.807, 2.05) is 11.8 Å². The van der Waals surface area contributed by atoms with Crippen molar-refractivity contribution in [2.75, 3.05) is 59.4 Å². The molecule has 0 unspecified atom stereocenters. The molecule has 0 aliphatic carbocycles. The minimum absolute atomic E-state index is 0.0194. The number of nitrogens with zero attached hydrogens (tertiary/aromatic N) is 1. The minimum atomic E-state index is 0.0194. The molecule has 0 amide bonds. The number of carbonyl (C=O) groups is 1. The Morgan fingerprint density at radius 1 is 1.13 bits per heavy atom. The van der Waals surface area contributed by atoms with Gasteiger partial charge in [-0.05, 0) is 24.6 Å². The van der Waals surface area contributed by atoms with Crippen molar-refractivity contribution in [3.05, 3.63) is 23.8 Å². The highest BCUT2D eigenvalue weighted by Crippen LogP contribution is 2.23. The summed E-state index contributed by atoms with van der Waals surface area (Å²) < 4.78 is 15.7. The number of Topliss-reactive ketones (excluding diaryl/α,β-unsaturated/α-hetero) is 1. The Bertz CT molecular complexity index is 472.